The number of ether oxygens (including phenoxy) is 2. The number of rotatable bonds is 6. The van der Waals surface area contributed by atoms with E-state index in [1.807, 2.05) is 6.20 Å². The molecule has 0 unspecified atom stereocenters. The summed E-state index contributed by atoms with van der Waals surface area (Å²) >= 11 is 0. The van der Waals surface area contributed by atoms with E-state index in [0.29, 0.717) is 30.0 Å². The van der Waals surface area contributed by atoms with Gasteiger partial charge in [-0.1, -0.05) is 0 Å². The minimum Gasteiger partial charge on any atom is -0.493 e. The largest absolute Gasteiger partial charge is 0.493 e. The van der Waals surface area contributed by atoms with Crippen LogP contribution in [0.5, 0.6) is 11.5 Å². The lowest BCUT2D eigenvalue weighted by Gasteiger charge is -2.10. The molecular weight excluding hydrogens is 323 g/mol. The Morgan fingerprint density at radius 2 is 1.92 bits per heavy atom. The topological polar surface area (TPSA) is 63.3 Å². The van der Waals surface area contributed by atoms with E-state index in [2.05, 4.69) is 10.3 Å². The molecule has 0 spiro atoms. The van der Waals surface area contributed by atoms with Crippen molar-refractivity contribution in [3.63, 3.8) is 0 Å². The number of hydrogen-bond donors (Lipinski definition) is 2. The molecule has 0 saturated carbocycles. The predicted octanol–water partition coefficient (Wildman–Crippen LogP) is 3.30. The van der Waals surface area contributed by atoms with E-state index in [4.69, 9.17) is 9.47 Å². The molecule has 0 aliphatic carbocycles. The Morgan fingerprint density at radius 3 is 2.68 bits per heavy atom. The quantitative estimate of drug-likeness (QED) is 0.722. The molecule has 6 heteroatoms. The fourth-order valence-electron chi connectivity index (χ4n) is 2.76. The second-order valence-electron chi connectivity index (χ2n) is 5.58. The first-order chi connectivity index (χ1) is 12.1. The Labute approximate surface area is 144 Å². The van der Waals surface area contributed by atoms with Gasteiger partial charge in [-0.25, -0.2) is 4.39 Å². The van der Waals surface area contributed by atoms with Crippen molar-refractivity contribution in [2.75, 3.05) is 20.8 Å². The second-order valence-corrected chi connectivity index (χ2v) is 5.58. The highest BCUT2D eigenvalue weighted by molar-refractivity contribution is 5.95. The van der Waals surface area contributed by atoms with Gasteiger partial charge >= 0.3 is 0 Å². The van der Waals surface area contributed by atoms with Crippen molar-refractivity contribution in [3.8, 4) is 11.5 Å². The SMILES string of the molecule is COc1ccc(C(=O)NCCc2c[nH]c3cc(F)ccc23)cc1OC. The summed E-state index contributed by atoms with van der Waals surface area (Å²) in [6.07, 6.45) is 2.48. The van der Waals surface area contributed by atoms with Crippen LogP contribution in [-0.2, 0) is 6.42 Å². The molecule has 1 heterocycles. The Hall–Kier alpha value is -3.02. The van der Waals surface area contributed by atoms with E-state index in [0.717, 1.165) is 16.5 Å². The first kappa shape index (κ1) is 16.8. The number of hydrogen-bond acceptors (Lipinski definition) is 3. The number of nitrogens with one attached hydrogen (secondary N) is 2. The van der Waals surface area contributed by atoms with Crippen molar-refractivity contribution in [2.45, 2.75) is 6.42 Å². The summed E-state index contributed by atoms with van der Waals surface area (Å²) in [6, 6.07) is 9.66. The van der Waals surface area contributed by atoms with Crippen LogP contribution in [0.3, 0.4) is 0 Å². The fraction of sp³-hybridized carbons (Fsp3) is 0.211. The number of benzene rings is 2. The summed E-state index contributed by atoms with van der Waals surface area (Å²) < 4.78 is 23.6. The predicted molar refractivity (Wildman–Crippen MR) is 93.8 cm³/mol. The normalized spacial score (nSPS) is 10.7. The van der Waals surface area contributed by atoms with Gasteiger partial charge in [-0.15, -0.1) is 0 Å². The number of aromatic nitrogens is 1. The van der Waals surface area contributed by atoms with Crippen molar-refractivity contribution < 1.29 is 18.7 Å². The lowest BCUT2D eigenvalue weighted by molar-refractivity contribution is 0.0953. The molecule has 0 aliphatic rings. The Balaban J connectivity index is 1.64. The molecule has 130 valence electrons. The zero-order valence-corrected chi connectivity index (χ0v) is 14.1. The summed E-state index contributed by atoms with van der Waals surface area (Å²) in [5, 5.41) is 3.84. The number of carbonyl (C=O) groups excluding carboxylic acids is 1. The Morgan fingerprint density at radius 1 is 1.12 bits per heavy atom. The molecule has 0 atom stereocenters. The van der Waals surface area contributed by atoms with E-state index in [1.54, 1.807) is 31.4 Å². The van der Waals surface area contributed by atoms with Crippen LogP contribution >= 0.6 is 0 Å². The molecular formula is C19H19FN2O3. The van der Waals surface area contributed by atoms with Crippen LogP contribution in [0.25, 0.3) is 10.9 Å². The first-order valence-electron chi connectivity index (χ1n) is 7.88. The molecule has 1 amide bonds. The summed E-state index contributed by atoms with van der Waals surface area (Å²) in [5.41, 5.74) is 2.28. The van der Waals surface area contributed by atoms with Crippen LogP contribution in [0.2, 0.25) is 0 Å². The van der Waals surface area contributed by atoms with Crippen molar-refractivity contribution in [1.82, 2.24) is 10.3 Å². The standard InChI is InChI=1S/C19H19FN2O3/c1-24-17-6-3-12(9-18(17)25-2)19(23)21-8-7-13-11-22-16-10-14(20)4-5-15(13)16/h3-6,9-11,22H,7-8H2,1-2H3,(H,21,23). The number of methoxy groups -OCH3 is 2. The highest BCUT2D eigenvalue weighted by Crippen LogP contribution is 2.27. The molecule has 1 aromatic heterocycles. The maximum Gasteiger partial charge on any atom is 0.251 e. The maximum absolute atomic E-state index is 13.2. The van der Waals surface area contributed by atoms with Gasteiger partial charge in [0.1, 0.15) is 5.82 Å². The average Bonchev–Trinajstić information content (AvgIpc) is 3.03. The fourth-order valence-corrected chi connectivity index (χ4v) is 2.76. The number of amides is 1. The number of H-pyrrole nitrogens is 1. The molecule has 0 fully saturated rings. The van der Waals surface area contributed by atoms with E-state index < -0.39 is 0 Å². The summed E-state index contributed by atoms with van der Waals surface area (Å²) in [7, 11) is 3.07. The van der Waals surface area contributed by atoms with Gasteiger partial charge in [0, 0.05) is 29.2 Å². The summed E-state index contributed by atoms with van der Waals surface area (Å²) in [4.78, 5) is 15.3. The smallest absolute Gasteiger partial charge is 0.251 e. The highest BCUT2D eigenvalue weighted by atomic mass is 19.1. The molecule has 2 N–H and O–H groups in total. The van der Waals surface area contributed by atoms with Crippen molar-refractivity contribution in [1.29, 1.82) is 0 Å². The second kappa shape index (κ2) is 7.25. The minimum absolute atomic E-state index is 0.188. The van der Waals surface area contributed by atoms with Crippen LogP contribution in [0.4, 0.5) is 4.39 Å². The average molecular weight is 342 g/mol. The number of fused-ring (bicyclic) bond motifs is 1. The molecule has 0 saturated heterocycles. The van der Waals surface area contributed by atoms with Crippen LogP contribution in [0, 0.1) is 5.82 Å². The molecule has 0 radical (unpaired) electrons. The highest BCUT2D eigenvalue weighted by Gasteiger charge is 2.11. The lowest BCUT2D eigenvalue weighted by Crippen LogP contribution is -2.25. The lowest BCUT2D eigenvalue weighted by atomic mass is 10.1. The van der Waals surface area contributed by atoms with E-state index in [9.17, 15) is 9.18 Å². The van der Waals surface area contributed by atoms with Crippen LogP contribution in [0.15, 0.2) is 42.6 Å². The van der Waals surface area contributed by atoms with Crippen LogP contribution in [0.1, 0.15) is 15.9 Å². The molecule has 25 heavy (non-hydrogen) atoms. The van der Waals surface area contributed by atoms with E-state index in [1.165, 1.54) is 19.2 Å². The van der Waals surface area contributed by atoms with Crippen molar-refractivity contribution >= 4 is 16.8 Å². The van der Waals surface area contributed by atoms with Gasteiger partial charge in [0.05, 0.1) is 14.2 Å². The molecule has 3 aromatic rings. The van der Waals surface area contributed by atoms with Crippen LogP contribution < -0.4 is 14.8 Å². The van der Waals surface area contributed by atoms with Gasteiger partial charge in [-0.2, -0.15) is 0 Å². The Bertz CT molecular complexity index is 905. The molecule has 2 aromatic carbocycles. The third-order valence-corrected chi connectivity index (χ3v) is 4.06. The molecule has 0 bridgehead atoms. The van der Waals surface area contributed by atoms with Gasteiger partial charge in [0.25, 0.3) is 5.91 Å². The number of halogens is 1. The number of aromatic amines is 1. The number of carbonyl (C=O) groups is 1. The van der Waals surface area contributed by atoms with Gasteiger partial charge < -0.3 is 19.8 Å². The third kappa shape index (κ3) is 3.57. The third-order valence-electron chi connectivity index (χ3n) is 4.06. The molecule has 0 aliphatic heterocycles. The molecule has 3 rings (SSSR count). The Kier molecular flexibility index (Phi) is 4.88. The summed E-state index contributed by atoms with van der Waals surface area (Å²) in [6.45, 7) is 0.470. The minimum atomic E-state index is -0.275. The van der Waals surface area contributed by atoms with Gasteiger partial charge in [-0.05, 0) is 48.4 Å². The summed E-state index contributed by atoms with van der Waals surface area (Å²) in [5.74, 6) is 0.619. The zero-order chi connectivity index (χ0) is 17.8. The van der Waals surface area contributed by atoms with E-state index in [-0.39, 0.29) is 11.7 Å². The van der Waals surface area contributed by atoms with Gasteiger partial charge in [0.2, 0.25) is 0 Å². The van der Waals surface area contributed by atoms with Gasteiger partial charge in [-0.3, -0.25) is 4.79 Å². The maximum atomic E-state index is 13.2. The van der Waals surface area contributed by atoms with Crippen molar-refractivity contribution in [2.24, 2.45) is 0 Å². The van der Waals surface area contributed by atoms with E-state index >= 15 is 0 Å². The monoisotopic (exact) mass is 342 g/mol. The molecule has 5 nitrogen and oxygen atoms in total. The first-order valence-corrected chi connectivity index (χ1v) is 7.88. The zero-order valence-electron chi connectivity index (χ0n) is 14.1. The van der Waals surface area contributed by atoms with Crippen molar-refractivity contribution in [3.05, 3.63) is 59.5 Å². The van der Waals surface area contributed by atoms with Crippen LogP contribution in [-0.4, -0.2) is 31.7 Å². The van der Waals surface area contributed by atoms with Gasteiger partial charge in [0.15, 0.2) is 11.5 Å².